The summed E-state index contributed by atoms with van der Waals surface area (Å²) in [5, 5.41) is 10.7. The van der Waals surface area contributed by atoms with Crippen molar-refractivity contribution in [2.45, 2.75) is 77.7 Å². The lowest BCUT2D eigenvalue weighted by atomic mass is 9.60. The summed E-state index contributed by atoms with van der Waals surface area (Å²) in [6.07, 6.45) is 9.27. The van der Waals surface area contributed by atoms with Gasteiger partial charge in [-0.2, -0.15) is 0 Å². The first kappa shape index (κ1) is 15.0. The van der Waals surface area contributed by atoms with E-state index in [0.29, 0.717) is 6.54 Å². The third-order valence-electron chi connectivity index (χ3n) is 5.03. The SMILES string of the molecule is CCCC1CCC(CN)(C(C)(O)CCC)CC1. The van der Waals surface area contributed by atoms with Gasteiger partial charge in [0, 0.05) is 12.0 Å². The molecule has 0 radical (unpaired) electrons. The summed E-state index contributed by atoms with van der Waals surface area (Å²) < 4.78 is 0. The van der Waals surface area contributed by atoms with Crippen LogP contribution in [0, 0.1) is 11.3 Å². The fraction of sp³-hybridized carbons (Fsp3) is 1.00. The number of rotatable bonds is 6. The van der Waals surface area contributed by atoms with Crippen molar-refractivity contribution in [3.05, 3.63) is 0 Å². The van der Waals surface area contributed by atoms with Crippen molar-refractivity contribution in [1.29, 1.82) is 0 Å². The first-order valence-electron chi connectivity index (χ1n) is 7.44. The van der Waals surface area contributed by atoms with Gasteiger partial charge in [-0.05, 0) is 44.9 Å². The van der Waals surface area contributed by atoms with Gasteiger partial charge >= 0.3 is 0 Å². The molecule has 0 spiro atoms. The maximum absolute atomic E-state index is 10.7. The first-order chi connectivity index (χ1) is 8.01. The van der Waals surface area contributed by atoms with E-state index in [1.807, 2.05) is 6.92 Å². The Balaban J connectivity index is 2.66. The summed E-state index contributed by atoms with van der Waals surface area (Å²) in [5.41, 5.74) is 5.42. The van der Waals surface area contributed by atoms with E-state index in [2.05, 4.69) is 13.8 Å². The highest BCUT2D eigenvalue weighted by Gasteiger charge is 2.46. The highest BCUT2D eigenvalue weighted by atomic mass is 16.3. The molecule has 1 fully saturated rings. The van der Waals surface area contributed by atoms with Crippen molar-refractivity contribution >= 4 is 0 Å². The van der Waals surface area contributed by atoms with Crippen molar-refractivity contribution in [1.82, 2.24) is 0 Å². The minimum atomic E-state index is -0.576. The third-order valence-corrected chi connectivity index (χ3v) is 5.03. The molecule has 0 amide bonds. The predicted molar refractivity (Wildman–Crippen MR) is 73.9 cm³/mol. The van der Waals surface area contributed by atoms with E-state index >= 15 is 0 Å². The van der Waals surface area contributed by atoms with E-state index in [4.69, 9.17) is 5.73 Å². The Hall–Kier alpha value is -0.0800. The minimum Gasteiger partial charge on any atom is -0.390 e. The van der Waals surface area contributed by atoms with Crippen molar-refractivity contribution in [2.75, 3.05) is 6.54 Å². The van der Waals surface area contributed by atoms with Gasteiger partial charge in [-0.3, -0.25) is 0 Å². The maximum atomic E-state index is 10.7. The molecule has 1 atom stereocenters. The fourth-order valence-electron chi connectivity index (χ4n) is 3.64. The van der Waals surface area contributed by atoms with Gasteiger partial charge in [-0.25, -0.2) is 0 Å². The monoisotopic (exact) mass is 241 g/mol. The summed E-state index contributed by atoms with van der Waals surface area (Å²) in [5.74, 6) is 0.872. The molecule has 0 bridgehead atoms. The Bertz CT molecular complexity index is 217. The fourth-order valence-corrected chi connectivity index (χ4v) is 3.64. The highest BCUT2D eigenvalue weighted by Crippen LogP contribution is 2.48. The molecular formula is C15H31NO. The van der Waals surface area contributed by atoms with E-state index in [9.17, 15) is 5.11 Å². The molecule has 102 valence electrons. The molecule has 17 heavy (non-hydrogen) atoms. The summed E-state index contributed by atoms with van der Waals surface area (Å²) in [6.45, 7) is 7.04. The zero-order chi connectivity index (χ0) is 12.9. The van der Waals surface area contributed by atoms with Crippen LogP contribution in [0.5, 0.6) is 0 Å². The molecule has 0 aromatic heterocycles. The molecule has 1 saturated carbocycles. The molecule has 1 aliphatic rings. The van der Waals surface area contributed by atoms with Crippen LogP contribution in [-0.2, 0) is 0 Å². The van der Waals surface area contributed by atoms with Crippen LogP contribution >= 0.6 is 0 Å². The second-order valence-corrected chi connectivity index (χ2v) is 6.24. The van der Waals surface area contributed by atoms with Crippen LogP contribution in [0.2, 0.25) is 0 Å². The summed E-state index contributed by atoms with van der Waals surface area (Å²) in [7, 11) is 0. The average Bonchev–Trinajstić information content (AvgIpc) is 2.30. The Morgan fingerprint density at radius 1 is 1.24 bits per heavy atom. The zero-order valence-corrected chi connectivity index (χ0v) is 12.0. The summed E-state index contributed by atoms with van der Waals surface area (Å²) in [4.78, 5) is 0. The van der Waals surface area contributed by atoms with E-state index in [0.717, 1.165) is 31.6 Å². The average molecular weight is 241 g/mol. The van der Waals surface area contributed by atoms with Crippen LogP contribution < -0.4 is 5.73 Å². The van der Waals surface area contributed by atoms with E-state index in [-0.39, 0.29) is 5.41 Å². The Labute approximate surface area is 107 Å². The van der Waals surface area contributed by atoms with Gasteiger partial charge in [0.15, 0.2) is 0 Å². The summed E-state index contributed by atoms with van der Waals surface area (Å²) >= 11 is 0. The van der Waals surface area contributed by atoms with Crippen molar-refractivity contribution < 1.29 is 5.11 Å². The molecule has 0 aliphatic heterocycles. The molecule has 0 aromatic rings. The maximum Gasteiger partial charge on any atom is 0.0687 e. The van der Waals surface area contributed by atoms with E-state index in [1.165, 1.54) is 25.7 Å². The first-order valence-corrected chi connectivity index (χ1v) is 7.44. The topological polar surface area (TPSA) is 46.2 Å². The van der Waals surface area contributed by atoms with Crippen LogP contribution in [0.4, 0.5) is 0 Å². The number of nitrogens with two attached hydrogens (primary N) is 1. The molecule has 1 aliphatic carbocycles. The molecule has 0 saturated heterocycles. The number of hydrogen-bond acceptors (Lipinski definition) is 2. The predicted octanol–water partition coefficient (Wildman–Crippen LogP) is 3.47. The molecule has 2 heteroatoms. The van der Waals surface area contributed by atoms with Crippen LogP contribution in [0.15, 0.2) is 0 Å². The zero-order valence-electron chi connectivity index (χ0n) is 12.0. The highest BCUT2D eigenvalue weighted by molar-refractivity contribution is 4.99. The normalized spacial score (nSPS) is 33.4. The van der Waals surface area contributed by atoms with Gasteiger partial charge in [0.1, 0.15) is 0 Å². The molecule has 2 nitrogen and oxygen atoms in total. The van der Waals surface area contributed by atoms with Crippen LogP contribution in [0.1, 0.15) is 72.1 Å². The third kappa shape index (κ3) is 3.23. The molecule has 1 rings (SSSR count). The lowest BCUT2D eigenvalue weighted by Gasteiger charge is -2.49. The smallest absolute Gasteiger partial charge is 0.0687 e. The van der Waals surface area contributed by atoms with Crippen LogP contribution in [-0.4, -0.2) is 17.3 Å². The van der Waals surface area contributed by atoms with Gasteiger partial charge in [0.05, 0.1) is 5.60 Å². The Kier molecular flexibility index (Phi) is 5.46. The van der Waals surface area contributed by atoms with Gasteiger partial charge in [0.2, 0.25) is 0 Å². The Morgan fingerprint density at radius 3 is 2.24 bits per heavy atom. The second-order valence-electron chi connectivity index (χ2n) is 6.24. The van der Waals surface area contributed by atoms with Crippen LogP contribution in [0.3, 0.4) is 0 Å². The molecule has 1 unspecified atom stereocenters. The molecule has 0 heterocycles. The van der Waals surface area contributed by atoms with Gasteiger partial charge in [-0.15, -0.1) is 0 Å². The van der Waals surface area contributed by atoms with Gasteiger partial charge in [0.25, 0.3) is 0 Å². The molecule has 0 aromatic carbocycles. The molecular weight excluding hydrogens is 210 g/mol. The standard InChI is InChI=1S/C15H31NO/c1-4-6-13-7-10-15(12-16,11-8-13)14(3,17)9-5-2/h13,17H,4-12,16H2,1-3H3. The number of aliphatic hydroxyl groups is 1. The van der Waals surface area contributed by atoms with Crippen LogP contribution in [0.25, 0.3) is 0 Å². The van der Waals surface area contributed by atoms with Crippen molar-refractivity contribution in [3.8, 4) is 0 Å². The van der Waals surface area contributed by atoms with Crippen molar-refractivity contribution in [3.63, 3.8) is 0 Å². The van der Waals surface area contributed by atoms with Crippen molar-refractivity contribution in [2.24, 2.45) is 17.1 Å². The minimum absolute atomic E-state index is 0.0206. The van der Waals surface area contributed by atoms with Gasteiger partial charge in [-0.1, -0.05) is 33.1 Å². The number of hydrogen-bond donors (Lipinski definition) is 2. The molecule has 3 N–H and O–H groups in total. The van der Waals surface area contributed by atoms with Gasteiger partial charge < -0.3 is 10.8 Å². The quantitative estimate of drug-likeness (QED) is 0.748. The van der Waals surface area contributed by atoms with E-state index < -0.39 is 5.60 Å². The largest absolute Gasteiger partial charge is 0.390 e. The second kappa shape index (κ2) is 6.19. The lowest BCUT2D eigenvalue weighted by Crippen LogP contribution is -2.52. The van der Waals surface area contributed by atoms with E-state index in [1.54, 1.807) is 0 Å². The summed E-state index contributed by atoms with van der Waals surface area (Å²) in [6, 6.07) is 0. The lowest BCUT2D eigenvalue weighted by molar-refractivity contribution is -0.0975. The Morgan fingerprint density at radius 2 is 1.82 bits per heavy atom.